The summed E-state index contributed by atoms with van der Waals surface area (Å²) in [7, 11) is 0. The van der Waals surface area contributed by atoms with Gasteiger partial charge in [-0.3, -0.25) is 0 Å². The Bertz CT molecular complexity index is 487. The van der Waals surface area contributed by atoms with E-state index in [1.165, 1.54) is 11.1 Å². The van der Waals surface area contributed by atoms with E-state index in [2.05, 4.69) is 15.5 Å². The van der Waals surface area contributed by atoms with Crippen molar-refractivity contribution in [2.75, 3.05) is 19.8 Å². The van der Waals surface area contributed by atoms with Crippen LogP contribution in [0.25, 0.3) is 0 Å². The Balaban J connectivity index is 1.52. The average molecular weight is 297 g/mol. The molecule has 0 aliphatic carbocycles. The third-order valence-corrected chi connectivity index (χ3v) is 3.80. The molecule has 2 rings (SSSR count). The lowest BCUT2D eigenvalue weighted by Gasteiger charge is -2.11. The summed E-state index contributed by atoms with van der Waals surface area (Å²) >= 11 is 1.64. The van der Waals surface area contributed by atoms with Gasteiger partial charge in [-0.2, -0.15) is 0 Å². The fourth-order valence-corrected chi connectivity index (χ4v) is 2.47. The molecule has 0 radical (unpaired) electrons. The zero-order chi connectivity index (χ0) is 14.2. The van der Waals surface area contributed by atoms with Crippen LogP contribution in [0, 0.1) is 6.92 Å². The van der Waals surface area contributed by atoms with Crippen molar-refractivity contribution in [1.29, 1.82) is 0 Å². The first-order valence-electron chi connectivity index (χ1n) is 6.50. The third-order valence-electron chi connectivity index (χ3n) is 2.81. The molecule has 0 aliphatic rings. The lowest BCUT2D eigenvalue weighted by molar-refractivity contribution is 0.0383. The second kappa shape index (κ2) is 8.11. The third kappa shape index (κ3) is 5.01. The minimum atomic E-state index is -0.524. The predicted octanol–water partition coefficient (Wildman–Crippen LogP) is 1.15. The van der Waals surface area contributed by atoms with Crippen LogP contribution in [0.15, 0.2) is 22.4 Å². The van der Waals surface area contributed by atoms with Crippen molar-refractivity contribution < 1.29 is 14.4 Å². The monoisotopic (exact) mass is 297 g/mol. The second-order valence-corrected chi connectivity index (χ2v) is 5.40. The Morgan fingerprint density at radius 1 is 1.55 bits per heavy atom. The number of aliphatic hydroxyl groups excluding tert-OH is 1. The first-order valence-corrected chi connectivity index (χ1v) is 7.38. The van der Waals surface area contributed by atoms with Crippen molar-refractivity contribution in [1.82, 2.24) is 15.5 Å². The summed E-state index contributed by atoms with van der Waals surface area (Å²) in [4.78, 5) is 5.42. The molecule has 0 aliphatic heterocycles. The van der Waals surface area contributed by atoms with E-state index in [-0.39, 0.29) is 0 Å². The van der Waals surface area contributed by atoms with Crippen LogP contribution >= 0.6 is 11.3 Å². The molecule has 1 atom stereocenters. The Morgan fingerprint density at radius 2 is 2.45 bits per heavy atom. The Kier molecular flexibility index (Phi) is 6.13. The van der Waals surface area contributed by atoms with Gasteiger partial charge < -0.3 is 19.7 Å². The maximum Gasteiger partial charge on any atom is 0.124 e. The molecule has 110 valence electrons. The van der Waals surface area contributed by atoms with Gasteiger partial charge in [0.05, 0.1) is 36.2 Å². The largest absolute Gasteiger partial charge is 0.389 e. The molecule has 0 aromatic carbocycles. The number of hydrogen-bond donors (Lipinski definition) is 2. The summed E-state index contributed by atoms with van der Waals surface area (Å²) < 4.78 is 10.2. The number of hydrogen-bond acceptors (Lipinski definition) is 7. The van der Waals surface area contributed by atoms with Gasteiger partial charge in [0, 0.05) is 30.5 Å². The van der Waals surface area contributed by atoms with Crippen molar-refractivity contribution in [2.24, 2.45) is 0 Å². The Hall–Kier alpha value is -1.28. The van der Waals surface area contributed by atoms with Crippen molar-refractivity contribution >= 4 is 11.3 Å². The minimum Gasteiger partial charge on any atom is -0.389 e. The fourth-order valence-electron chi connectivity index (χ4n) is 1.70. The molecule has 0 spiro atoms. The zero-order valence-electron chi connectivity index (χ0n) is 11.4. The van der Waals surface area contributed by atoms with E-state index in [9.17, 15) is 5.11 Å². The summed E-state index contributed by atoms with van der Waals surface area (Å²) in [5.74, 6) is 0. The highest BCUT2D eigenvalue weighted by Gasteiger charge is 2.06. The number of thiazole rings is 1. The maximum absolute atomic E-state index is 9.75. The van der Waals surface area contributed by atoms with Crippen molar-refractivity contribution in [2.45, 2.75) is 26.0 Å². The number of nitrogens with zero attached hydrogens (tertiary/aromatic N) is 2. The molecule has 2 heterocycles. The van der Waals surface area contributed by atoms with Gasteiger partial charge in [-0.25, -0.2) is 4.98 Å². The zero-order valence-corrected chi connectivity index (χ0v) is 12.2. The molecule has 7 heteroatoms. The van der Waals surface area contributed by atoms with Crippen LogP contribution in [0.1, 0.15) is 16.3 Å². The van der Waals surface area contributed by atoms with Gasteiger partial charge >= 0.3 is 0 Å². The molecule has 6 nitrogen and oxygen atoms in total. The summed E-state index contributed by atoms with van der Waals surface area (Å²) in [5, 5.41) is 16.6. The topological polar surface area (TPSA) is 80.4 Å². The van der Waals surface area contributed by atoms with Crippen LogP contribution in [0.4, 0.5) is 0 Å². The van der Waals surface area contributed by atoms with Gasteiger partial charge in [0.25, 0.3) is 0 Å². The molecular formula is C13H19N3O3S. The van der Waals surface area contributed by atoms with Gasteiger partial charge in [-0.1, -0.05) is 5.16 Å². The van der Waals surface area contributed by atoms with E-state index in [4.69, 9.17) is 9.26 Å². The fraction of sp³-hybridized carbons (Fsp3) is 0.538. The molecule has 2 aromatic heterocycles. The van der Waals surface area contributed by atoms with Crippen LogP contribution in [-0.2, 0) is 17.7 Å². The van der Waals surface area contributed by atoms with Crippen LogP contribution in [-0.4, -0.2) is 41.1 Å². The molecule has 2 aromatic rings. The molecular weight excluding hydrogens is 278 g/mol. The first kappa shape index (κ1) is 15.1. The number of aromatic nitrogens is 2. The van der Waals surface area contributed by atoms with Crippen molar-refractivity contribution in [3.63, 3.8) is 0 Å². The SMILES string of the molecule is Cc1ncsc1CCOCC(O)CNCc1ccon1. The van der Waals surface area contributed by atoms with E-state index < -0.39 is 6.10 Å². The van der Waals surface area contributed by atoms with E-state index in [1.807, 2.05) is 12.4 Å². The quantitative estimate of drug-likeness (QED) is 0.676. The van der Waals surface area contributed by atoms with Crippen molar-refractivity contribution in [3.05, 3.63) is 34.1 Å². The molecule has 1 unspecified atom stereocenters. The van der Waals surface area contributed by atoms with Gasteiger partial charge in [-0.15, -0.1) is 11.3 Å². The summed E-state index contributed by atoms with van der Waals surface area (Å²) in [6.07, 6.45) is 1.84. The molecule has 0 fully saturated rings. The smallest absolute Gasteiger partial charge is 0.124 e. The molecule has 0 bridgehead atoms. The van der Waals surface area contributed by atoms with Crippen molar-refractivity contribution in [3.8, 4) is 0 Å². The number of aliphatic hydroxyl groups is 1. The van der Waals surface area contributed by atoms with Crippen LogP contribution < -0.4 is 5.32 Å². The Morgan fingerprint density at radius 3 is 3.15 bits per heavy atom. The summed E-state index contributed by atoms with van der Waals surface area (Å²) in [5.41, 5.74) is 3.72. The van der Waals surface area contributed by atoms with Gasteiger partial charge in [-0.05, 0) is 6.92 Å². The standard InChI is InChI=1S/C13H19N3O3S/c1-10-13(20-9-15-10)3-4-18-8-12(17)7-14-6-11-2-5-19-16-11/h2,5,9,12,14,17H,3-4,6-8H2,1H3. The second-order valence-electron chi connectivity index (χ2n) is 4.46. The van der Waals surface area contributed by atoms with E-state index in [1.54, 1.807) is 17.4 Å². The molecule has 0 saturated heterocycles. The van der Waals surface area contributed by atoms with Gasteiger partial charge in [0.15, 0.2) is 0 Å². The Labute approximate surface area is 121 Å². The lowest BCUT2D eigenvalue weighted by atomic mass is 10.3. The highest BCUT2D eigenvalue weighted by atomic mass is 32.1. The molecule has 0 saturated carbocycles. The number of ether oxygens (including phenoxy) is 1. The number of rotatable bonds is 9. The summed E-state index contributed by atoms with van der Waals surface area (Å²) in [6, 6.07) is 1.78. The van der Waals surface area contributed by atoms with E-state index >= 15 is 0 Å². The predicted molar refractivity (Wildman–Crippen MR) is 75.6 cm³/mol. The highest BCUT2D eigenvalue weighted by molar-refractivity contribution is 7.09. The number of aryl methyl sites for hydroxylation is 1. The van der Waals surface area contributed by atoms with Gasteiger partial charge in [0.2, 0.25) is 0 Å². The van der Waals surface area contributed by atoms with E-state index in [0.29, 0.717) is 26.3 Å². The highest BCUT2D eigenvalue weighted by Crippen LogP contribution is 2.12. The number of nitrogens with one attached hydrogen (secondary N) is 1. The maximum atomic E-state index is 9.75. The first-order chi connectivity index (χ1) is 9.75. The van der Waals surface area contributed by atoms with Gasteiger partial charge in [0.1, 0.15) is 6.26 Å². The minimum absolute atomic E-state index is 0.323. The average Bonchev–Trinajstić information content (AvgIpc) is 3.07. The summed E-state index contributed by atoms with van der Waals surface area (Å²) in [6.45, 7) is 3.96. The molecule has 2 N–H and O–H groups in total. The normalized spacial score (nSPS) is 12.7. The molecule has 0 amide bonds. The van der Waals surface area contributed by atoms with E-state index in [0.717, 1.165) is 17.8 Å². The lowest BCUT2D eigenvalue weighted by Crippen LogP contribution is -2.30. The van der Waals surface area contributed by atoms with Crippen LogP contribution in [0.5, 0.6) is 0 Å². The van der Waals surface area contributed by atoms with Crippen LogP contribution in [0.3, 0.4) is 0 Å². The van der Waals surface area contributed by atoms with Crippen LogP contribution in [0.2, 0.25) is 0 Å². The molecule has 20 heavy (non-hydrogen) atoms.